The largest absolute Gasteiger partial charge is 0.478 e. The third-order valence-corrected chi connectivity index (χ3v) is 4.06. The van der Waals surface area contributed by atoms with Crippen LogP contribution in [0.15, 0.2) is 18.2 Å². The predicted molar refractivity (Wildman–Crippen MR) is 74.8 cm³/mol. The minimum absolute atomic E-state index is 0.172. The van der Waals surface area contributed by atoms with Crippen molar-refractivity contribution < 1.29 is 15.0 Å². The smallest absolute Gasteiger partial charge is 0.337 e. The topological polar surface area (TPSA) is 75.3 Å². The SMILES string of the molecule is CCc1nc2c(C(=O)O)cccc2n1CC1CC(O)C1. The van der Waals surface area contributed by atoms with Crippen LogP contribution in [0.4, 0.5) is 0 Å². The number of aromatic nitrogens is 2. The number of nitrogens with zero attached hydrogens (tertiary/aromatic N) is 2. The number of fused-ring (bicyclic) bond motifs is 1. The molecule has 1 heterocycles. The van der Waals surface area contributed by atoms with Gasteiger partial charge in [-0.05, 0) is 30.9 Å². The van der Waals surface area contributed by atoms with Gasteiger partial charge in [-0.1, -0.05) is 13.0 Å². The second kappa shape index (κ2) is 4.90. The first-order valence-corrected chi connectivity index (χ1v) is 6.99. The lowest BCUT2D eigenvalue weighted by molar-refractivity contribution is 0.0354. The Morgan fingerprint density at radius 2 is 2.20 bits per heavy atom. The molecule has 0 radical (unpaired) electrons. The Morgan fingerprint density at radius 1 is 1.45 bits per heavy atom. The molecule has 3 rings (SSSR count). The van der Waals surface area contributed by atoms with Crippen molar-refractivity contribution in [3.63, 3.8) is 0 Å². The van der Waals surface area contributed by atoms with E-state index >= 15 is 0 Å². The summed E-state index contributed by atoms with van der Waals surface area (Å²) in [6.07, 6.45) is 2.24. The predicted octanol–water partition coefficient (Wildman–Crippen LogP) is 2.07. The number of aryl methyl sites for hydroxylation is 1. The summed E-state index contributed by atoms with van der Waals surface area (Å²) in [7, 11) is 0. The maximum absolute atomic E-state index is 11.3. The van der Waals surface area contributed by atoms with E-state index in [1.54, 1.807) is 12.1 Å². The fourth-order valence-electron chi connectivity index (χ4n) is 2.95. The van der Waals surface area contributed by atoms with Crippen LogP contribution in [0.1, 0.15) is 35.9 Å². The van der Waals surface area contributed by atoms with Crippen LogP contribution in [0.2, 0.25) is 0 Å². The molecular weight excluding hydrogens is 256 g/mol. The Balaban J connectivity index is 2.05. The Kier molecular flexibility index (Phi) is 3.22. The minimum Gasteiger partial charge on any atom is -0.478 e. The van der Waals surface area contributed by atoms with Gasteiger partial charge in [0.2, 0.25) is 0 Å². The van der Waals surface area contributed by atoms with E-state index < -0.39 is 5.97 Å². The molecule has 1 saturated carbocycles. The first kappa shape index (κ1) is 13.1. The maximum atomic E-state index is 11.3. The highest BCUT2D eigenvalue weighted by Gasteiger charge is 2.28. The van der Waals surface area contributed by atoms with Crippen molar-refractivity contribution >= 4 is 17.0 Å². The Hall–Kier alpha value is -1.88. The van der Waals surface area contributed by atoms with Gasteiger partial charge in [0.1, 0.15) is 11.3 Å². The number of hydrogen-bond acceptors (Lipinski definition) is 3. The number of aromatic carboxylic acids is 1. The minimum atomic E-state index is -0.943. The van der Waals surface area contributed by atoms with Gasteiger partial charge in [-0.15, -0.1) is 0 Å². The van der Waals surface area contributed by atoms with Gasteiger partial charge in [0.05, 0.1) is 17.2 Å². The fourth-order valence-corrected chi connectivity index (χ4v) is 2.95. The molecule has 1 fully saturated rings. The van der Waals surface area contributed by atoms with E-state index in [1.165, 1.54) is 0 Å². The van der Waals surface area contributed by atoms with Crippen LogP contribution in [0.3, 0.4) is 0 Å². The van der Waals surface area contributed by atoms with Crippen molar-refractivity contribution in [2.45, 2.75) is 38.8 Å². The first-order valence-electron chi connectivity index (χ1n) is 6.99. The summed E-state index contributed by atoms with van der Waals surface area (Å²) in [5, 5.41) is 18.6. The standard InChI is InChI=1S/C15H18N2O3/c1-2-13-16-14-11(15(19)20)4-3-5-12(14)17(13)8-9-6-10(18)7-9/h3-5,9-10,18H,2,6-8H2,1H3,(H,19,20). The molecule has 1 aliphatic carbocycles. The van der Waals surface area contributed by atoms with E-state index in [1.807, 2.05) is 13.0 Å². The molecule has 0 atom stereocenters. The molecule has 2 aromatic rings. The van der Waals surface area contributed by atoms with Crippen molar-refractivity contribution in [1.29, 1.82) is 0 Å². The molecule has 0 saturated heterocycles. The van der Waals surface area contributed by atoms with E-state index in [0.29, 0.717) is 11.4 Å². The van der Waals surface area contributed by atoms with Crippen molar-refractivity contribution in [3.05, 3.63) is 29.6 Å². The summed E-state index contributed by atoms with van der Waals surface area (Å²) in [5.41, 5.74) is 1.70. The van der Waals surface area contributed by atoms with E-state index in [-0.39, 0.29) is 11.7 Å². The Bertz CT molecular complexity index is 656. The zero-order chi connectivity index (χ0) is 14.3. The van der Waals surface area contributed by atoms with Gasteiger partial charge in [-0.3, -0.25) is 0 Å². The number of para-hydroxylation sites is 1. The van der Waals surface area contributed by atoms with Crippen molar-refractivity contribution in [1.82, 2.24) is 9.55 Å². The van der Waals surface area contributed by atoms with Crippen LogP contribution < -0.4 is 0 Å². The third kappa shape index (κ3) is 2.08. The van der Waals surface area contributed by atoms with E-state index in [0.717, 1.165) is 37.1 Å². The van der Waals surface area contributed by atoms with E-state index in [2.05, 4.69) is 9.55 Å². The average Bonchev–Trinajstić information content (AvgIpc) is 2.74. The highest BCUT2D eigenvalue weighted by atomic mass is 16.4. The zero-order valence-corrected chi connectivity index (χ0v) is 11.4. The van der Waals surface area contributed by atoms with Crippen LogP contribution in [0.5, 0.6) is 0 Å². The van der Waals surface area contributed by atoms with Gasteiger partial charge in [-0.25, -0.2) is 9.78 Å². The molecular formula is C15H18N2O3. The number of carboxylic acids is 1. The number of benzene rings is 1. The van der Waals surface area contributed by atoms with E-state index in [9.17, 15) is 15.0 Å². The summed E-state index contributed by atoms with van der Waals surface area (Å²) >= 11 is 0. The molecule has 1 aliphatic rings. The number of rotatable bonds is 4. The van der Waals surface area contributed by atoms with Crippen molar-refractivity contribution in [2.24, 2.45) is 5.92 Å². The van der Waals surface area contributed by atoms with Crippen LogP contribution in [-0.2, 0) is 13.0 Å². The molecule has 2 N–H and O–H groups in total. The first-order chi connectivity index (χ1) is 9.60. The molecule has 5 nitrogen and oxygen atoms in total. The van der Waals surface area contributed by atoms with Gasteiger partial charge in [0.25, 0.3) is 0 Å². The number of aliphatic hydroxyl groups is 1. The van der Waals surface area contributed by atoms with Crippen LogP contribution in [0.25, 0.3) is 11.0 Å². The summed E-state index contributed by atoms with van der Waals surface area (Å²) in [4.78, 5) is 15.8. The Labute approximate surface area is 116 Å². The molecule has 0 amide bonds. The van der Waals surface area contributed by atoms with Crippen LogP contribution in [0, 0.1) is 5.92 Å². The Morgan fingerprint density at radius 3 is 2.80 bits per heavy atom. The monoisotopic (exact) mass is 274 g/mol. The lowest BCUT2D eigenvalue weighted by Crippen LogP contribution is -2.31. The summed E-state index contributed by atoms with van der Waals surface area (Å²) in [6, 6.07) is 5.27. The van der Waals surface area contributed by atoms with Gasteiger partial charge < -0.3 is 14.8 Å². The molecule has 0 spiro atoms. The summed E-state index contributed by atoms with van der Waals surface area (Å²) in [6.45, 7) is 2.83. The highest BCUT2D eigenvalue weighted by molar-refractivity contribution is 6.01. The van der Waals surface area contributed by atoms with Gasteiger partial charge in [0.15, 0.2) is 0 Å². The molecule has 1 aromatic heterocycles. The van der Waals surface area contributed by atoms with Crippen LogP contribution in [-0.4, -0.2) is 31.8 Å². The number of aliphatic hydroxyl groups excluding tert-OH is 1. The van der Waals surface area contributed by atoms with E-state index in [4.69, 9.17) is 0 Å². The second-order valence-electron chi connectivity index (χ2n) is 5.46. The number of carbonyl (C=O) groups is 1. The maximum Gasteiger partial charge on any atom is 0.337 e. The summed E-state index contributed by atoms with van der Waals surface area (Å²) < 4.78 is 2.11. The molecule has 5 heteroatoms. The normalized spacial score (nSPS) is 21.9. The van der Waals surface area contributed by atoms with Gasteiger partial charge in [0, 0.05) is 13.0 Å². The lowest BCUT2D eigenvalue weighted by Gasteiger charge is -2.32. The quantitative estimate of drug-likeness (QED) is 0.895. The van der Waals surface area contributed by atoms with Gasteiger partial charge >= 0.3 is 5.97 Å². The zero-order valence-electron chi connectivity index (χ0n) is 11.4. The number of carboxylic acid groups (broad SMARTS) is 1. The highest BCUT2D eigenvalue weighted by Crippen LogP contribution is 2.31. The average molecular weight is 274 g/mol. The van der Waals surface area contributed by atoms with Crippen molar-refractivity contribution in [3.8, 4) is 0 Å². The molecule has 0 bridgehead atoms. The lowest BCUT2D eigenvalue weighted by atomic mass is 9.82. The number of hydrogen-bond donors (Lipinski definition) is 2. The van der Waals surface area contributed by atoms with Crippen LogP contribution >= 0.6 is 0 Å². The fraction of sp³-hybridized carbons (Fsp3) is 0.467. The second-order valence-corrected chi connectivity index (χ2v) is 5.46. The molecule has 0 unspecified atom stereocenters. The number of imidazole rings is 1. The molecule has 0 aliphatic heterocycles. The summed E-state index contributed by atoms with van der Waals surface area (Å²) in [5.74, 6) is 0.429. The van der Waals surface area contributed by atoms with Crippen molar-refractivity contribution in [2.75, 3.05) is 0 Å². The van der Waals surface area contributed by atoms with Gasteiger partial charge in [-0.2, -0.15) is 0 Å². The molecule has 106 valence electrons. The third-order valence-electron chi connectivity index (χ3n) is 4.06. The molecule has 20 heavy (non-hydrogen) atoms. The molecule has 1 aromatic carbocycles.